The summed E-state index contributed by atoms with van der Waals surface area (Å²) in [7, 11) is 0. The average Bonchev–Trinajstić information content (AvgIpc) is 2.62. The first kappa shape index (κ1) is 13.0. The maximum atomic E-state index is 11.9. The summed E-state index contributed by atoms with van der Waals surface area (Å²) in [5.41, 5.74) is 0. The van der Waals surface area contributed by atoms with Crippen molar-refractivity contribution < 1.29 is 14.7 Å². The Hall–Kier alpha value is -1.07. The van der Waals surface area contributed by atoms with Gasteiger partial charge in [-0.3, -0.25) is 9.59 Å². The molecule has 88 valence electrons. The van der Waals surface area contributed by atoms with Crippen molar-refractivity contribution in [1.29, 1.82) is 0 Å². The zero-order chi connectivity index (χ0) is 12.1. The number of aliphatic carboxylic acids is 1. The molecule has 0 atom stereocenters. The van der Waals surface area contributed by atoms with Crippen LogP contribution in [-0.4, -0.2) is 35.0 Å². The van der Waals surface area contributed by atoms with Crippen LogP contribution in [0.3, 0.4) is 0 Å². The average molecular weight is 262 g/mol. The lowest BCUT2D eigenvalue weighted by molar-refractivity contribution is -0.137. The highest BCUT2D eigenvalue weighted by Gasteiger charge is 2.20. The van der Waals surface area contributed by atoms with Crippen LogP contribution in [0, 0.1) is 0 Å². The molecule has 6 heteroatoms. The Morgan fingerprint density at radius 3 is 2.69 bits per heavy atom. The summed E-state index contributed by atoms with van der Waals surface area (Å²) in [6, 6.07) is 1.63. The van der Waals surface area contributed by atoms with Gasteiger partial charge >= 0.3 is 5.97 Å². The fourth-order valence-corrected chi connectivity index (χ4v) is 2.38. The molecule has 0 bridgehead atoms. The van der Waals surface area contributed by atoms with Gasteiger partial charge in [-0.05, 0) is 17.9 Å². The summed E-state index contributed by atoms with van der Waals surface area (Å²) < 4.78 is 0. The van der Waals surface area contributed by atoms with Crippen LogP contribution < -0.4 is 0 Å². The van der Waals surface area contributed by atoms with E-state index in [2.05, 4.69) is 0 Å². The van der Waals surface area contributed by atoms with Crippen molar-refractivity contribution >= 4 is 34.8 Å². The zero-order valence-corrected chi connectivity index (χ0v) is 10.3. The van der Waals surface area contributed by atoms with Gasteiger partial charge in [-0.2, -0.15) is 0 Å². The van der Waals surface area contributed by atoms with Crippen LogP contribution in [0.2, 0.25) is 5.02 Å². The van der Waals surface area contributed by atoms with Crippen molar-refractivity contribution in [2.24, 2.45) is 0 Å². The molecule has 0 saturated carbocycles. The second-order valence-electron chi connectivity index (χ2n) is 3.22. The number of hydrogen-bond acceptors (Lipinski definition) is 3. The molecule has 0 radical (unpaired) electrons. The molecule has 0 aliphatic heterocycles. The Labute approximate surface area is 102 Å². The summed E-state index contributed by atoms with van der Waals surface area (Å²) in [5.74, 6) is -1.33. The molecule has 1 N–H and O–H groups in total. The van der Waals surface area contributed by atoms with Gasteiger partial charge in [0.15, 0.2) is 0 Å². The fraction of sp³-hybridized carbons (Fsp3) is 0.400. The van der Waals surface area contributed by atoms with Crippen LogP contribution in [-0.2, 0) is 4.79 Å². The molecule has 0 spiro atoms. The molecule has 0 aromatic carbocycles. The minimum Gasteiger partial charge on any atom is -0.480 e. The second kappa shape index (κ2) is 5.86. The summed E-state index contributed by atoms with van der Waals surface area (Å²) in [4.78, 5) is 24.3. The van der Waals surface area contributed by atoms with Gasteiger partial charge in [0, 0.05) is 6.54 Å². The van der Waals surface area contributed by atoms with Crippen molar-refractivity contribution in [3.8, 4) is 0 Å². The SMILES string of the molecule is CCCN(CC(=O)O)C(=O)c1sccc1Cl. The van der Waals surface area contributed by atoms with Gasteiger partial charge in [-0.1, -0.05) is 18.5 Å². The molecule has 4 nitrogen and oxygen atoms in total. The van der Waals surface area contributed by atoms with Crippen molar-refractivity contribution in [3.05, 3.63) is 21.3 Å². The monoisotopic (exact) mass is 261 g/mol. The number of carboxylic acid groups (broad SMARTS) is 1. The van der Waals surface area contributed by atoms with E-state index in [1.54, 1.807) is 11.4 Å². The highest BCUT2D eigenvalue weighted by atomic mass is 35.5. The van der Waals surface area contributed by atoms with E-state index < -0.39 is 5.97 Å². The maximum absolute atomic E-state index is 11.9. The topological polar surface area (TPSA) is 57.6 Å². The van der Waals surface area contributed by atoms with E-state index in [-0.39, 0.29) is 12.5 Å². The minimum absolute atomic E-state index is 0.291. The molecule has 0 unspecified atom stereocenters. The van der Waals surface area contributed by atoms with E-state index in [1.165, 1.54) is 16.2 Å². The number of carboxylic acids is 1. The molecule has 0 fully saturated rings. The maximum Gasteiger partial charge on any atom is 0.323 e. The third-order valence-corrected chi connectivity index (χ3v) is 3.25. The quantitative estimate of drug-likeness (QED) is 0.885. The second-order valence-corrected chi connectivity index (χ2v) is 4.54. The standard InChI is InChI=1S/C10H12ClNO3S/c1-2-4-12(6-8(13)14)10(15)9-7(11)3-5-16-9/h3,5H,2,4,6H2,1H3,(H,13,14). The van der Waals surface area contributed by atoms with Crippen LogP contribution >= 0.6 is 22.9 Å². The van der Waals surface area contributed by atoms with E-state index in [0.29, 0.717) is 22.9 Å². The third kappa shape index (κ3) is 3.21. The number of rotatable bonds is 5. The highest BCUT2D eigenvalue weighted by molar-refractivity contribution is 7.12. The van der Waals surface area contributed by atoms with Crippen molar-refractivity contribution in [3.63, 3.8) is 0 Å². The molecule has 1 aromatic heterocycles. The fourth-order valence-electron chi connectivity index (χ4n) is 1.28. The van der Waals surface area contributed by atoms with Crippen molar-refractivity contribution in [2.45, 2.75) is 13.3 Å². The number of carbonyl (C=O) groups is 2. The molecule has 0 saturated heterocycles. The number of hydrogen-bond donors (Lipinski definition) is 1. The Morgan fingerprint density at radius 2 is 2.25 bits per heavy atom. The van der Waals surface area contributed by atoms with E-state index >= 15 is 0 Å². The van der Waals surface area contributed by atoms with Gasteiger partial charge in [0.2, 0.25) is 0 Å². The van der Waals surface area contributed by atoms with Crippen LogP contribution in [0.25, 0.3) is 0 Å². The lowest BCUT2D eigenvalue weighted by Gasteiger charge is -2.19. The Kier molecular flexibility index (Phi) is 4.76. The number of carbonyl (C=O) groups excluding carboxylic acids is 1. The summed E-state index contributed by atoms with van der Waals surface area (Å²) >= 11 is 7.05. The van der Waals surface area contributed by atoms with Crippen molar-refractivity contribution in [2.75, 3.05) is 13.1 Å². The predicted octanol–water partition coefficient (Wildman–Crippen LogP) is 2.34. The number of nitrogens with zero attached hydrogens (tertiary/aromatic N) is 1. The third-order valence-electron chi connectivity index (χ3n) is 1.92. The first-order chi connectivity index (χ1) is 7.56. The molecule has 1 heterocycles. The molecular weight excluding hydrogens is 250 g/mol. The summed E-state index contributed by atoms with van der Waals surface area (Å²) in [6.07, 6.45) is 0.710. The summed E-state index contributed by atoms with van der Waals surface area (Å²) in [6.45, 7) is 2.01. The van der Waals surface area contributed by atoms with Gasteiger partial charge in [0.1, 0.15) is 11.4 Å². The molecule has 1 rings (SSSR count). The Balaban J connectivity index is 2.82. The van der Waals surface area contributed by atoms with Crippen LogP contribution in [0.4, 0.5) is 0 Å². The van der Waals surface area contributed by atoms with E-state index in [0.717, 1.165) is 0 Å². The van der Waals surface area contributed by atoms with Crippen LogP contribution in [0.15, 0.2) is 11.4 Å². The number of amides is 1. The number of thiophene rings is 1. The van der Waals surface area contributed by atoms with E-state index in [9.17, 15) is 9.59 Å². The van der Waals surface area contributed by atoms with Gasteiger partial charge in [0.05, 0.1) is 5.02 Å². The van der Waals surface area contributed by atoms with E-state index in [1.807, 2.05) is 6.92 Å². The highest BCUT2D eigenvalue weighted by Crippen LogP contribution is 2.23. The van der Waals surface area contributed by atoms with Gasteiger partial charge < -0.3 is 10.0 Å². The minimum atomic E-state index is -1.02. The smallest absolute Gasteiger partial charge is 0.323 e. The Morgan fingerprint density at radius 1 is 1.56 bits per heavy atom. The van der Waals surface area contributed by atoms with Crippen molar-refractivity contribution in [1.82, 2.24) is 4.90 Å². The molecule has 1 amide bonds. The summed E-state index contributed by atoms with van der Waals surface area (Å²) in [5, 5.41) is 10.8. The Bertz CT molecular complexity index is 391. The normalized spacial score (nSPS) is 10.1. The van der Waals surface area contributed by atoms with Gasteiger partial charge in [0.25, 0.3) is 5.91 Å². The predicted molar refractivity (Wildman–Crippen MR) is 63.2 cm³/mol. The van der Waals surface area contributed by atoms with E-state index in [4.69, 9.17) is 16.7 Å². The molecule has 1 aromatic rings. The molecular formula is C10H12ClNO3S. The largest absolute Gasteiger partial charge is 0.480 e. The lowest BCUT2D eigenvalue weighted by Crippen LogP contribution is -2.35. The molecule has 0 aliphatic rings. The van der Waals surface area contributed by atoms with Gasteiger partial charge in [-0.15, -0.1) is 11.3 Å². The van der Waals surface area contributed by atoms with Crippen LogP contribution in [0.1, 0.15) is 23.0 Å². The lowest BCUT2D eigenvalue weighted by atomic mass is 10.3. The van der Waals surface area contributed by atoms with Gasteiger partial charge in [-0.25, -0.2) is 0 Å². The first-order valence-electron chi connectivity index (χ1n) is 4.80. The number of halogens is 1. The molecule has 16 heavy (non-hydrogen) atoms. The first-order valence-corrected chi connectivity index (χ1v) is 6.06. The van der Waals surface area contributed by atoms with Crippen LogP contribution in [0.5, 0.6) is 0 Å². The molecule has 0 aliphatic carbocycles. The zero-order valence-electron chi connectivity index (χ0n) is 8.77.